The fourth-order valence-electron chi connectivity index (χ4n) is 4.40. The summed E-state index contributed by atoms with van der Waals surface area (Å²) in [6.07, 6.45) is -1.29. The molecule has 0 aliphatic carbocycles. The van der Waals surface area contributed by atoms with Crippen molar-refractivity contribution in [2.75, 3.05) is 18.9 Å². The molecule has 1 saturated heterocycles. The number of nitrogens with two attached hydrogens (primary N) is 1. The molecule has 3 aromatic rings. The van der Waals surface area contributed by atoms with Crippen LogP contribution in [0.4, 0.5) is 18.9 Å². The summed E-state index contributed by atoms with van der Waals surface area (Å²) < 4.78 is 39.3. The van der Waals surface area contributed by atoms with E-state index in [4.69, 9.17) is 10.6 Å². The van der Waals surface area contributed by atoms with Crippen molar-refractivity contribution >= 4 is 34.4 Å². The summed E-state index contributed by atoms with van der Waals surface area (Å²) in [4.78, 5) is 41.1. The van der Waals surface area contributed by atoms with Crippen LogP contribution in [0.3, 0.4) is 0 Å². The van der Waals surface area contributed by atoms with Gasteiger partial charge in [0.15, 0.2) is 0 Å². The quantitative estimate of drug-likeness (QED) is 0.516. The number of anilines is 1. The number of quaternary nitrogens is 1. The van der Waals surface area contributed by atoms with Gasteiger partial charge in [0.1, 0.15) is 19.1 Å². The first-order valence-electron chi connectivity index (χ1n) is 11.3. The van der Waals surface area contributed by atoms with E-state index < -0.39 is 34.6 Å². The first-order valence-corrected chi connectivity index (χ1v) is 11.3. The van der Waals surface area contributed by atoms with E-state index in [0.717, 1.165) is 5.39 Å². The molecule has 36 heavy (non-hydrogen) atoms. The molecule has 1 aromatic heterocycles. The third-order valence-corrected chi connectivity index (χ3v) is 6.27. The Morgan fingerprint density at radius 3 is 2.50 bits per heavy atom. The third kappa shape index (κ3) is 5.18. The number of hydroxylamine groups is 3. The van der Waals surface area contributed by atoms with Crippen LogP contribution >= 0.6 is 0 Å². The number of amides is 2. The van der Waals surface area contributed by atoms with Crippen molar-refractivity contribution in [2.45, 2.75) is 37.9 Å². The molecule has 9 nitrogen and oxygen atoms in total. The number of carbonyl (C=O) groups excluding carboxylic acids is 3. The number of nitrogens with one attached hydrogen (secondary N) is 1. The second-order valence-corrected chi connectivity index (χ2v) is 8.86. The standard InChI is InChI=1S/C24H24F3N5O4/c1-32(36-23(35)24(25,26)27)13-4-2-3-8-19(32)22(34)29-16-9-11-17(12-10-16)31-14-15-6-5-7-18(21(28)33)20(15)30-31/h5-7,9-12,14,19H,2-4,8,13H2,1H3,(H2-,28,29,33,34)/p+1. The number of carbonyl (C=O) groups is 3. The van der Waals surface area contributed by atoms with Gasteiger partial charge in [0.25, 0.3) is 11.8 Å². The molecule has 0 saturated carbocycles. The van der Waals surface area contributed by atoms with Crippen LogP contribution in [0.5, 0.6) is 0 Å². The van der Waals surface area contributed by atoms with Gasteiger partial charge in [-0.05, 0) is 43.2 Å². The molecule has 2 aromatic carbocycles. The van der Waals surface area contributed by atoms with Crippen molar-refractivity contribution in [2.24, 2.45) is 5.73 Å². The molecule has 2 atom stereocenters. The SMILES string of the molecule is C[N+]1(OC(=O)C(F)(F)F)CCCCCC1C(=O)Nc1ccc(-n2cc3cccc(C(N)=O)c3n2)cc1. The number of fused-ring (bicyclic) bond motifs is 1. The van der Waals surface area contributed by atoms with Crippen LogP contribution < -0.4 is 11.1 Å². The lowest BCUT2D eigenvalue weighted by Gasteiger charge is -2.35. The van der Waals surface area contributed by atoms with Crippen LogP contribution in [0.2, 0.25) is 0 Å². The minimum absolute atomic E-state index is 0.0962. The van der Waals surface area contributed by atoms with Crippen molar-refractivity contribution in [3.63, 3.8) is 0 Å². The van der Waals surface area contributed by atoms with Gasteiger partial charge in [-0.2, -0.15) is 18.3 Å². The number of primary amides is 1. The van der Waals surface area contributed by atoms with E-state index in [1.165, 1.54) is 7.05 Å². The summed E-state index contributed by atoms with van der Waals surface area (Å²) in [5.74, 6) is -3.45. The highest BCUT2D eigenvalue weighted by Crippen LogP contribution is 2.28. The number of alkyl halides is 3. The Morgan fingerprint density at radius 1 is 1.11 bits per heavy atom. The molecule has 12 heteroatoms. The lowest BCUT2D eigenvalue weighted by molar-refractivity contribution is -1.09. The Bertz CT molecular complexity index is 1310. The van der Waals surface area contributed by atoms with Crippen molar-refractivity contribution in [3.8, 4) is 5.69 Å². The Kier molecular flexibility index (Phi) is 6.72. The van der Waals surface area contributed by atoms with E-state index >= 15 is 0 Å². The summed E-state index contributed by atoms with van der Waals surface area (Å²) in [6.45, 7) is 0.0962. The zero-order valence-electron chi connectivity index (χ0n) is 19.4. The number of hydrogen-bond acceptors (Lipinski definition) is 5. The lowest BCUT2D eigenvalue weighted by atomic mass is 10.1. The number of nitrogens with zero attached hydrogens (tertiary/aromatic N) is 3. The molecule has 4 rings (SSSR count). The highest BCUT2D eigenvalue weighted by atomic mass is 19.4. The predicted molar refractivity (Wildman–Crippen MR) is 124 cm³/mol. The minimum Gasteiger partial charge on any atom is -0.366 e. The maximum atomic E-state index is 13.1. The normalized spacial score (nSPS) is 20.5. The van der Waals surface area contributed by atoms with Gasteiger partial charge in [-0.25, -0.2) is 9.48 Å². The second-order valence-electron chi connectivity index (χ2n) is 8.86. The molecule has 190 valence electrons. The summed E-state index contributed by atoms with van der Waals surface area (Å²) in [7, 11) is 1.32. The van der Waals surface area contributed by atoms with Crippen molar-refractivity contribution in [3.05, 3.63) is 54.2 Å². The van der Waals surface area contributed by atoms with E-state index in [9.17, 15) is 27.6 Å². The van der Waals surface area contributed by atoms with E-state index in [-0.39, 0.29) is 13.0 Å². The van der Waals surface area contributed by atoms with Gasteiger partial charge in [0.2, 0.25) is 6.04 Å². The van der Waals surface area contributed by atoms with Gasteiger partial charge in [0.05, 0.1) is 11.3 Å². The average Bonchev–Trinajstić information content (AvgIpc) is 3.15. The molecular formula is C24H25F3N5O4+. The third-order valence-electron chi connectivity index (χ3n) is 6.27. The van der Waals surface area contributed by atoms with Crippen LogP contribution in [0.25, 0.3) is 16.6 Å². The van der Waals surface area contributed by atoms with Crippen LogP contribution in [-0.4, -0.2) is 58.0 Å². The number of hydrogen-bond donors (Lipinski definition) is 2. The molecule has 0 radical (unpaired) electrons. The van der Waals surface area contributed by atoms with Gasteiger partial charge in [-0.3, -0.25) is 14.4 Å². The monoisotopic (exact) mass is 504 g/mol. The number of halogens is 3. The highest BCUT2D eigenvalue weighted by molar-refractivity contribution is 6.04. The Labute approximate surface area is 204 Å². The van der Waals surface area contributed by atoms with Gasteiger partial charge in [-0.15, -0.1) is 4.65 Å². The molecule has 0 spiro atoms. The van der Waals surface area contributed by atoms with Crippen LogP contribution in [0.1, 0.15) is 36.0 Å². The Hall–Kier alpha value is -3.93. The zero-order valence-corrected chi connectivity index (χ0v) is 19.4. The topological polar surface area (TPSA) is 116 Å². The average molecular weight is 504 g/mol. The van der Waals surface area contributed by atoms with Gasteiger partial charge >= 0.3 is 12.1 Å². The molecule has 3 N–H and O–H groups in total. The van der Waals surface area contributed by atoms with Crippen molar-refractivity contribution < 1.29 is 37.0 Å². The number of likely N-dealkylation sites (N-methyl/N-ethyl adjacent to an activating group) is 1. The summed E-state index contributed by atoms with van der Waals surface area (Å²) in [6, 6.07) is 10.7. The van der Waals surface area contributed by atoms with Gasteiger partial charge in [-0.1, -0.05) is 12.1 Å². The van der Waals surface area contributed by atoms with E-state index in [2.05, 4.69) is 10.4 Å². The number of aromatic nitrogens is 2. The summed E-state index contributed by atoms with van der Waals surface area (Å²) in [5.41, 5.74) is 7.24. The molecule has 2 heterocycles. The molecular weight excluding hydrogens is 479 g/mol. The second kappa shape index (κ2) is 9.61. The lowest BCUT2D eigenvalue weighted by Crippen LogP contribution is -2.59. The summed E-state index contributed by atoms with van der Waals surface area (Å²) in [5, 5.41) is 7.87. The maximum absolute atomic E-state index is 13.1. The highest BCUT2D eigenvalue weighted by Gasteiger charge is 2.51. The number of rotatable bonds is 5. The van der Waals surface area contributed by atoms with E-state index in [0.29, 0.717) is 41.7 Å². The Balaban J connectivity index is 1.52. The van der Waals surface area contributed by atoms with Crippen molar-refractivity contribution in [1.82, 2.24) is 9.78 Å². The van der Waals surface area contributed by atoms with Crippen LogP contribution in [0.15, 0.2) is 48.7 Å². The first-order chi connectivity index (χ1) is 17.0. The zero-order chi connectivity index (χ0) is 26.1. The predicted octanol–water partition coefficient (Wildman–Crippen LogP) is 3.47. The minimum atomic E-state index is -5.15. The van der Waals surface area contributed by atoms with Gasteiger partial charge < -0.3 is 11.1 Å². The molecule has 1 aliphatic rings. The fourth-order valence-corrected chi connectivity index (χ4v) is 4.40. The van der Waals surface area contributed by atoms with Crippen LogP contribution in [0, 0.1) is 0 Å². The van der Waals surface area contributed by atoms with Gasteiger partial charge in [0, 0.05) is 30.1 Å². The van der Waals surface area contributed by atoms with E-state index in [1.807, 2.05) is 0 Å². The van der Waals surface area contributed by atoms with Crippen molar-refractivity contribution in [1.29, 1.82) is 0 Å². The van der Waals surface area contributed by atoms with Crippen LogP contribution in [-0.2, 0) is 14.4 Å². The number of benzene rings is 2. The summed E-state index contributed by atoms with van der Waals surface area (Å²) >= 11 is 0. The Morgan fingerprint density at radius 2 is 1.83 bits per heavy atom. The number of likely N-dealkylation sites (tertiary alicyclic amines) is 1. The molecule has 1 aliphatic heterocycles. The molecule has 2 unspecified atom stereocenters. The molecule has 2 amide bonds. The smallest absolute Gasteiger partial charge is 0.366 e. The molecule has 0 bridgehead atoms. The fraction of sp³-hybridized carbons (Fsp3) is 0.333. The maximum Gasteiger partial charge on any atom is 0.497 e. The molecule has 1 fully saturated rings. The largest absolute Gasteiger partial charge is 0.497 e. The van der Waals surface area contributed by atoms with E-state index in [1.54, 1.807) is 53.3 Å². The first kappa shape index (κ1) is 25.2.